The minimum Gasteiger partial charge on any atom is -0.496 e. The SMILES string of the molecule is CCn1cccc1-c1cc(C)nc2c(-c3ccc(-n4cccn4)cc3OC)c(C)nn12. The lowest BCUT2D eigenvalue weighted by atomic mass is 10.0. The first-order chi connectivity index (χ1) is 15.1. The van der Waals surface area contributed by atoms with Crippen LogP contribution in [-0.2, 0) is 6.54 Å². The van der Waals surface area contributed by atoms with Gasteiger partial charge in [0.15, 0.2) is 5.65 Å². The van der Waals surface area contributed by atoms with Gasteiger partial charge in [-0.25, -0.2) is 14.2 Å². The molecule has 4 aromatic heterocycles. The van der Waals surface area contributed by atoms with Crippen LogP contribution in [0.4, 0.5) is 0 Å². The van der Waals surface area contributed by atoms with Crippen LogP contribution in [-0.4, -0.2) is 36.1 Å². The average molecular weight is 412 g/mol. The molecule has 5 aromatic rings. The van der Waals surface area contributed by atoms with Gasteiger partial charge < -0.3 is 9.30 Å². The van der Waals surface area contributed by atoms with Gasteiger partial charge in [0, 0.05) is 42.5 Å². The molecule has 156 valence electrons. The van der Waals surface area contributed by atoms with Gasteiger partial charge in [-0.2, -0.15) is 10.2 Å². The molecule has 0 saturated carbocycles. The van der Waals surface area contributed by atoms with Gasteiger partial charge in [0.2, 0.25) is 0 Å². The number of benzene rings is 1. The lowest BCUT2D eigenvalue weighted by Crippen LogP contribution is -2.03. The van der Waals surface area contributed by atoms with Crippen LogP contribution in [0.3, 0.4) is 0 Å². The Morgan fingerprint density at radius 3 is 2.61 bits per heavy atom. The van der Waals surface area contributed by atoms with E-state index in [4.69, 9.17) is 14.8 Å². The second kappa shape index (κ2) is 7.43. The summed E-state index contributed by atoms with van der Waals surface area (Å²) in [6, 6.07) is 14.2. The zero-order valence-electron chi connectivity index (χ0n) is 18.1. The average Bonchev–Trinajstić information content (AvgIpc) is 3.52. The fourth-order valence-electron chi connectivity index (χ4n) is 4.12. The van der Waals surface area contributed by atoms with Crippen molar-refractivity contribution < 1.29 is 4.74 Å². The number of ether oxygens (including phenoxy) is 1. The summed E-state index contributed by atoms with van der Waals surface area (Å²) in [5, 5.41) is 9.20. The standard InChI is InChI=1S/C24H24N6O/c1-5-28-12-6-8-20(28)21-14-16(2)26-24-23(17(3)27-30(21)24)19-10-9-18(15-22(19)31-4)29-13-7-11-25-29/h6-15H,5H2,1-4H3. The summed E-state index contributed by atoms with van der Waals surface area (Å²) in [6.45, 7) is 7.07. The Morgan fingerprint density at radius 1 is 1.00 bits per heavy atom. The monoisotopic (exact) mass is 412 g/mol. The van der Waals surface area contributed by atoms with Crippen molar-refractivity contribution in [1.82, 2.24) is 28.9 Å². The molecule has 0 fully saturated rings. The van der Waals surface area contributed by atoms with Crippen molar-refractivity contribution >= 4 is 5.65 Å². The molecule has 5 rings (SSSR count). The Morgan fingerprint density at radius 2 is 1.87 bits per heavy atom. The molecule has 7 nitrogen and oxygen atoms in total. The van der Waals surface area contributed by atoms with Gasteiger partial charge in [-0.3, -0.25) is 0 Å². The molecule has 0 aliphatic rings. The van der Waals surface area contributed by atoms with Crippen molar-refractivity contribution in [3.05, 3.63) is 72.4 Å². The molecule has 7 heteroatoms. The highest BCUT2D eigenvalue weighted by Gasteiger charge is 2.21. The van der Waals surface area contributed by atoms with E-state index in [1.54, 1.807) is 13.3 Å². The van der Waals surface area contributed by atoms with Crippen LogP contribution in [0.5, 0.6) is 5.75 Å². The van der Waals surface area contributed by atoms with Gasteiger partial charge in [0.25, 0.3) is 0 Å². The van der Waals surface area contributed by atoms with Crippen LogP contribution in [0.1, 0.15) is 18.3 Å². The first-order valence-electron chi connectivity index (χ1n) is 10.3. The van der Waals surface area contributed by atoms with Crippen LogP contribution in [0.15, 0.2) is 61.1 Å². The fourth-order valence-corrected chi connectivity index (χ4v) is 4.12. The second-order valence-electron chi connectivity index (χ2n) is 7.49. The summed E-state index contributed by atoms with van der Waals surface area (Å²) in [4.78, 5) is 4.86. The summed E-state index contributed by atoms with van der Waals surface area (Å²) in [5.74, 6) is 0.757. The van der Waals surface area contributed by atoms with Gasteiger partial charge in [-0.15, -0.1) is 0 Å². The Kier molecular flexibility index (Phi) is 4.58. The molecule has 0 aliphatic heterocycles. The van der Waals surface area contributed by atoms with Gasteiger partial charge >= 0.3 is 0 Å². The molecular weight excluding hydrogens is 388 g/mol. The van der Waals surface area contributed by atoms with E-state index in [9.17, 15) is 0 Å². The van der Waals surface area contributed by atoms with Crippen molar-refractivity contribution in [3.8, 4) is 34.0 Å². The normalized spacial score (nSPS) is 11.4. The summed E-state index contributed by atoms with van der Waals surface area (Å²) in [7, 11) is 1.69. The minimum atomic E-state index is 0.757. The van der Waals surface area contributed by atoms with Crippen LogP contribution in [0, 0.1) is 13.8 Å². The van der Waals surface area contributed by atoms with E-state index in [1.165, 1.54) is 0 Å². The summed E-state index contributed by atoms with van der Waals surface area (Å²) in [6.07, 6.45) is 5.76. The number of nitrogens with zero attached hydrogens (tertiary/aromatic N) is 6. The van der Waals surface area contributed by atoms with E-state index >= 15 is 0 Å². The molecule has 0 saturated heterocycles. The highest BCUT2D eigenvalue weighted by Crippen LogP contribution is 2.37. The number of methoxy groups -OCH3 is 1. The Labute approximate surface area is 180 Å². The Hall–Kier alpha value is -3.87. The Balaban J connectivity index is 1.74. The van der Waals surface area contributed by atoms with E-state index < -0.39 is 0 Å². The van der Waals surface area contributed by atoms with Crippen LogP contribution < -0.4 is 4.74 Å². The number of hydrogen-bond donors (Lipinski definition) is 0. The molecule has 0 atom stereocenters. The van der Waals surface area contributed by atoms with Crippen LogP contribution in [0.2, 0.25) is 0 Å². The van der Waals surface area contributed by atoms with Crippen molar-refractivity contribution in [2.75, 3.05) is 7.11 Å². The molecule has 0 radical (unpaired) electrons. The quantitative estimate of drug-likeness (QED) is 0.420. The van der Waals surface area contributed by atoms with Crippen molar-refractivity contribution in [2.24, 2.45) is 0 Å². The molecule has 4 heterocycles. The third kappa shape index (κ3) is 3.09. The molecule has 0 spiro atoms. The number of rotatable bonds is 5. The summed E-state index contributed by atoms with van der Waals surface area (Å²) < 4.78 is 11.7. The van der Waals surface area contributed by atoms with E-state index in [2.05, 4.69) is 47.1 Å². The number of hydrogen-bond acceptors (Lipinski definition) is 4. The predicted molar refractivity (Wildman–Crippen MR) is 121 cm³/mol. The molecule has 31 heavy (non-hydrogen) atoms. The van der Waals surface area contributed by atoms with Crippen molar-refractivity contribution in [1.29, 1.82) is 0 Å². The van der Waals surface area contributed by atoms with Crippen molar-refractivity contribution in [3.63, 3.8) is 0 Å². The highest BCUT2D eigenvalue weighted by atomic mass is 16.5. The highest BCUT2D eigenvalue weighted by molar-refractivity contribution is 5.85. The van der Waals surface area contributed by atoms with E-state index in [1.807, 2.05) is 47.4 Å². The maximum atomic E-state index is 5.77. The van der Waals surface area contributed by atoms with Crippen molar-refractivity contribution in [2.45, 2.75) is 27.3 Å². The maximum Gasteiger partial charge on any atom is 0.164 e. The van der Waals surface area contributed by atoms with E-state index in [0.717, 1.165) is 57.5 Å². The molecular formula is C24H24N6O. The molecule has 0 bridgehead atoms. The van der Waals surface area contributed by atoms with Gasteiger partial charge in [0.05, 0.1) is 35.4 Å². The second-order valence-corrected chi connectivity index (χ2v) is 7.49. The summed E-state index contributed by atoms with van der Waals surface area (Å²) >= 11 is 0. The number of aromatic nitrogens is 6. The third-order valence-electron chi connectivity index (χ3n) is 5.55. The minimum absolute atomic E-state index is 0.757. The van der Waals surface area contributed by atoms with Crippen LogP contribution in [0.25, 0.3) is 33.8 Å². The summed E-state index contributed by atoms with van der Waals surface area (Å²) in [5.41, 5.74) is 7.68. The lowest BCUT2D eigenvalue weighted by molar-refractivity contribution is 0.416. The lowest BCUT2D eigenvalue weighted by Gasteiger charge is -2.12. The maximum absolute atomic E-state index is 5.77. The number of aryl methyl sites for hydroxylation is 3. The van der Waals surface area contributed by atoms with Gasteiger partial charge in [0.1, 0.15) is 5.75 Å². The smallest absolute Gasteiger partial charge is 0.164 e. The fraction of sp³-hybridized carbons (Fsp3) is 0.208. The van der Waals surface area contributed by atoms with E-state index in [0.29, 0.717) is 0 Å². The molecule has 0 N–H and O–H groups in total. The molecule has 0 amide bonds. The zero-order chi connectivity index (χ0) is 21.5. The molecule has 0 unspecified atom stereocenters. The Bertz CT molecular complexity index is 1380. The van der Waals surface area contributed by atoms with Gasteiger partial charge in [-0.1, -0.05) is 0 Å². The zero-order valence-corrected chi connectivity index (χ0v) is 18.1. The molecule has 0 aliphatic carbocycles. The topological polar surface area (TPSA) is 62.2 Å². The van der Waals surface area contributed by atoms with Crippen LogP contribution >= 0.6 is 0 Å². The molecule has 1 aromatic carbocycles. The predicted octanol–water partition coefficient (Wildman–Crippen LogP) is 4.70. The first-order valence-corrected chi connectivity index (χ1v) is 10.3. The number of fused-ring (bicyclic) bond motifs is 1. The first kappa shape index (κ1) is 19.1. The van der Waals surface area contributed by atoms with E-state index in [-0.39, 0.29) is 0 Å². The van der Waals surface area contributed by atoms with Gasteiger partial charge in [-0.05, 0) is 57.2 Å². The largest absolute Gasteiger partial charge is 0.496 e. The third-order valence-corrected chi connectivity index (χ3v) is 5.55.